The molecule has 17 heavy (non-hydrogen) atoms. The molecule has 1 atom stereocenters. The molecular weight excluding hydrogens is 212 g/mol. The first-order valence-corrected chi connectivity index (χ1v) is 7.26. The number of hydrogen-bond acceptors (Lipinski definition) is 2. The Morgan fingerprint density at radius 2 is 2.24 bits per heavy atom. The van der Waals surface area contributed by atoms with Gasteiger partial charge in [-0.25, -0.2) is 0 Å². The third-order valence-corrected chi connectivity index (χ3v) is 4.57. The summed E-state index contributed by atoms with van der Waals surface area (Å²) in [5.41, 5.74) is 0.169. The van der Waals surface area contributed by atoms with Gasteiger partial charge in [-0.3, -0.25) is 4.79 Å². The van der Waals surface area contributed by atoms with Crippen molar-refractivity contribution in [3.63, 3.8) is 0 Å². The summed E-state index contributed by atoms with van der Waals surface area (Å²) in [6.45, 7) is 4.44. The number of piperidine rings is 1. The summed E-state index contributed by atoms with van der Waals surface area (Å²) in [4.78, 5) is 11.9. The van der Waals surface area contributed by atoms with Crippen LogP contribution in [0.3, 0.4) is 0 Å². The number of rotatable bonds is 5. The van der Waals surface area contributed by atoms with E-state index in [1.165, 1.54) is 32.1 Å². The number of hydrogen-bond donors (Lipinski definition) is 2. The third kappa shape index (κ3) is 3.44. The first-order chi connectivity index (χ1) is 8.24. The lowest BCUT2D eigenvalue weighted by molar-refractivity contribution is -0.124. The van der Waals surface area contributed by atoms with Gasteiger partial charge in [0, 0.05) is 12.0 Å². The van der Waals surface area contributed by atoms with Crippen molar-refractivity contribution in [1.82, 2.24) is 10.6 Å². The van der Waals surface area contributed by atoms with Crippen molar-refractivity contribution in [2.45, 2.75) is 63.8 Å². The van der Waals surface area contributed by atoms with Crippen LogP contribution in [0, 0.1) is 5.92 Å². The predicted octanol–water partition coefficient (Wildman–Crippen LogP) is 2.22. The van der Waals surface area contributed by atoms with Gasteiger partial charge in [-0.2, -0.15) is 0 Å². The zero-order chi connectivity index (χ0) is 12.1. The van der Waals surface area contributed by atoms with Crippen LogP contribution in [0.4, 0.5) is 0 Å². The summed E-state index contributed by atoms with van der Waals surface area (Å²) in [7, 11) is 0. The molecule has 0 aromatic rings. The molecule has 2 rings (SSSR count). The van der Waals surface area contributed by atoms with E-state index >= 15 is 0 Å². The normalized spacial score (nSPS) is 27.2. The van der Waals surface area contributed by atoms with E-state index in [1.807, 2.05) is 0 Å². The van der Waals surface area contributed by atoms with Gasteiger partial charge >= 0.3 is 0 Å². The molecule has 0 spiro atoms. The molecular formula is C14H26N2O. The van der Waals surface area contributed by atoms with Crippen LogP contribution in [-0.4, -0.2) is 24.5 Å². The van der Waals surface area contributed by atoms with Gasteiger partial charge in [0.25, 0.3) is 0 Å². The lowest BCUT2D eigenvalue weighted by Gasteiger charge is -2.42. The SMILES string of the molecule is CCC1(NC(=O)CCC2CCCNC2)CCC1. The molecule has 3 nitrogen and oxygen atoms in total. The highest BCUT2D eigenvalue weighted by Gasteiger charge is 2.36. The number of carbonyl (C=O) groups is 1. The Labute approximate surface area is 105 Å². The van der Waals surface area contributed by atoms with Crippen LogP contribution in [0.5, 0.6) is 0 Å². The second-order valence-electron chi connectivity index (χ2n) is 5.79. The molecule has 1 unspecified atom stereocenters. The number of amides is 1. The number of carbonyl (C=O) groups excluding carboxylic acids is 1. The van der Waals surface area contributed by atoms with Crippen LogP contribution in [0.15, 0.2) is 0 Å². The van der Waals surface area contributed by atoms with Crippen molar-refractivity contribution in [2.75, 3.05) is 13.1 Å². The quantitative estimate of drug-likeness (QED) is 0.771. The average Bonchev–Trinajstić information content (AvgIpc) is 2.33. The zero-order valence-electron chi connectivity index (χ0n) is 11.1. The van der Waals surface area contributed by atoms with Gasteiger partial charge in [-0.05, 0) is 64.0 Å². The van der Waals surface area contributed by atoms with Crippen molar-refractivity contribution in [1.29, 1.82) is 0 Å². The fourth-order valence-electron chi connectivity index (χ4n) is 3.03. The van der Waals surface area contributed by atoms with Crippen molar-refractivity contribution in [3.8, 4) is 0 Å². The predicted molar refractivity (Wildman–Crippen MR) is 69.8 cm³/mol. The summed E-state index contributed by atoms with van der Waals surface area (Å²) in [5.74, 6) is 0.991. The van der Waals surface area contributed by atoms with E-state index in [2.05, 4.69) is 17.6 Å². The summed E-state index contributed by atoms with van der Waals surface area (Å²) in [6, 6.07) is 0. The summed E-state index contributed by atoms with van der Waals surface area (Å²) < 4.78 is 0. The van der Waals surface area contributed by atoms with Crippen LogP contribution in [-0.2, 0) is 4.79 Å². The van der Waals surface area contributed by atoms with Crippen LogP contribution in [0.25, 0.3) is 0 Å². The first-order valence-electron chi connectivity index (χ1n) is 7.26. The molecule has 2 fully saturated rings. The van der Waals surface area contributed by atoms with Gasteiger partial charge in [0.1, 0.15) is 0 Å². The molecule has 1 saturated carbocycles. The third-order valence-electron chi connectivity index (χ3n) is 4.57. The minimum absolute atomic E-state index is 0.169. The van der Waals surface area contributed by atoms with E-state index in [4.69, 9.17) is 0 Å². The standard InChI is InChI=1S/C14H26N2O/c1-2-14(8-4-9-14)16-13(17)7-6-12-5-3-10-15-11-12/h12,15H,2-11H2,1H3,(H,16,17). The van der Waals surface area contributed by atoms with Gasteiger partial charge in [0.2, 0.25) is 5.91 Å². The van der Waals surface area contributed by atoms with Crippen molar-refractivity contribution in [2.24, 2.45) is 5.92 Å². The molecule has 2 N–H and O–H groups in total. The Balaban J connectivity index is 1.66. The van der Waals surface area contributed by atoms with E-state index < -0.39 is 0 Å². The molecule has 1 saturated heterocycles. The van der Waals surface area contributed by atoms with E-state index in [0.717, 1.165) is 25.9 Å². The van der Waals surface area contributed by atoms with Crippen LogP contribution in [0.1, 0.15) is 58.3 Å². The Bertz CT molecular complexity index is 249. The van der Waals surface area contributed by atoms with Gasteiger partial charge in [-0.15, -0.1) is 0 Å². The van der Waals surface area contributed by atoms with Crippen molar-refractivity contribution < 1.29 is 4.79 Å². The topological polar surface area (TPSA) is 41.1 Å². The van der Waals surface area contributed by atoms with Gasteiger partial charge in [0.15, 0.2) is 0 Å². The Morgan fingerprint density at radius 1 is 1.41 bits per heavy atom. The second kappa shape index (κ2) is 5.85. The highest BCUT2D eigenvalue weighted by Crippen LogP contribution is 2.34. The Hall–Kier alpha value is -0.570. The van der Waals surface area contributed by atoms with E-state index in [1.54, 1.807) is 0 Å². The molecule has 0 radical (unpaired) electrons. The molecule has 1 heterocycles. The lowest BCUT2D eigenvalue weighted by Crippen LogP contribution is -2.53. The van der Waals surface area contributed by atoms with E-state index in [9.17, 15) is 4.79 Å². The number of nitrogens with one attached hydrogen (secondary N) is 2. The molecule has 1 aliphatic heterocycles. The maximum Gasteiger partial charge on any atom is 0.220 e. The maximum absolute atomic E-state index is 11.9. The Kier molecular flexibility index (Phi) is 4.43. The van der Waals surface area contributed by atoms with Crippen LogP contribution >= 0.6 is 0 Å². The fourth-order valence-corrected chi connectivity index (χ4v) is 3.03. The largest absolute Gasteiger partial charge is 0.351 e. The lowest BCUT2D eigenvalue weighted by atomic mass is 9.74. The first kappa shape index (κ1) is 12.9. The molecule has 1 amide bonds. The van der Waals surface area contributed by atoms with Crippen LogP contribution in [0.2, 0.25) is 0 Å². The molecule has 3 heteroatoms. The van der Waals surface area contributed by atoms with Crippen molar-refractivity contribution >= 4 is 5.91 Å². The van der Waals surface area contributed by atoms with Crippen molar-refractivity contribution in [3.05, 3.63) is 0 Å². The van der Waals surface area contributed by atoms with Crippen LogP contribution < -0.4 is 10.6 Å². The van der Waals surface area contributed by atoms with Gasteiger partial charge < -0.3 is 10.6 Å². The fraction of sp³-hybridized carbons (Fsp3) is 0.929. The maximum atomic E-state index is 11.9. The molecule has 2 aliphatic rings. The highest BCUT2D eigenvalue weighted by molar-refractivity contribution is 5.76. The molecule has 0 bridgehead atoms. The molecule has 1 aliphatic carbocycles. The van der Waals surface area contributed by atoms with E-state index in [-0.39, 0.29) is 11.4 Å². The summed E-state index contributed by atoms with van der Waals surface area (Å²) in [6.07, 6.45) is 9.06. The molecule has 98 valence electrons. The van der Waals surface area contributed by atoms with Gasteiger partial charge in [-0.1, -0.05) is 6.92 Å². The molecule has 0 aromatic heterocycles. The smallest absolute Gasteiger partial charge is 0.220 e. The van der Waals surface area contributed by atoms with Gasteiger partial charge in [0.05, 0.1) is 0 Å². The average molecular weight is 238 g/mol. The monoisotopic (exact) mass is 238 g/mol. The zero-order valence-corrected chi connectivity index (χ0v) is 11.1. The summed E-state index contributed by atoms with van der Waals surface area (Å²) >= 11 is 0. The minimum Gasteiger partial charge on any atom is -0.351 e. The summed E-state index contributed by atoms with van der Waals surface area (Å²) in [5, 5.41) is 6.67. The second-order valence-corrected chi connectivity index (χ2v) is 5.79. The van der Waals surface area contributed by atoms with E-state index in [0.29, 0.717) is 12.3 Å². The highest BCUT2D eigenvalue weighted by atomic mass is 16.1. The minimum atomic E-state index is 0.169. The Morgan fingerprint density at radius 3 is 2.76 bits per heavy atom. The molecule has 0 aromatic carbocycles.